The van der Waals surface area contributed by atoms with Crippen molar-refractivity contribution in [2.24, 2.45) is 11.8 Å². The van der Waals surface area contributed by atoms with Crippen molar-refractivity contribution in [3.05, 3.63) is 11.4 Å². The molecule has 1 rings (SSSR count). The molecule has 0 aromatic heterocycles. The average molecular weight is 169 g/mol. The summed E-state index contributed by atoms with van der Waals surface area (Å²) in [6, 6.07) is 0. The first-order valence-corrected chi connectivity index (χ1v) is 4.77. The molecule has 1 nitrogen and oxygen atoms in total. The van der Waals surface area contributed by atoms with Gasteiger partial charge in [-0.25, -0.2) is 6.57 Å². The first kappa shape index (κ1) is 9.51. The fourth-order valence-corrected chi connectivity index (χ4v) is 2.10. The summed E-state index contributed by atoms with van der Waals surface area (Å²) in [5.41, 5.74) is 0. The highest BCUT2D eigenvalue weighted by molar-refractivity contribution is 4.77. The van der Waals surface area contributed by atoms with E-state index in [1.807, 2.05) is 0 Å². The molecule has 1 aliphatic rings. The van der Waals surface area contributed by atoms with Crippen LogP contribution in [0.15, 0.2) is 0 Å². The zero-order valence-corrected chi connectivity index (χ0v) is 7.43. The molecule has 0 amide bonds. The third kappa shape index (κ3) is 2.48. The monoisotopic (exact) mass is 169 g/mol. The van der Waals surface area contributed by atoms with Crippen molar-refractivity contribution in [3.8, 4) is 0 Å². The lowest BCUT2D eigenvalue weighted by molar-refractivity contribution is 0.186. The van der Waals surface area contributed by atoms with Crippen LogP contribution >= 0.6 is 0 Å². The largest absolute Gasteiger partial charge is 0.317 e. The second-order valence-electron chi connectivity index (χ2n) is 3.63. The van der Waals surface area contributed by atoms with Crippen LogP contribution in [0.5, 0.6) is 0 Å². The van der Waals surface area contributed by atoms with E-state index >= 15 is 0 Å². The molecule has 0 bridgehead atoms. The van der Waals surface area contributed by atoms with Gasteiger partial charge in [-0.15, -0.1) is 0 Å². The molecule has 1 aliphatic carbocycles. The summed E-state index contributed by atoms with van der Waals surface area (Å²) in [6.07, 6.45) is 5.52. The molecule has 1 saturated carbocycles. The van der Waals surface area contributed by atoms with Crippen molar-refractivity contribution in [3.63, 3.8) is 0 Å². The predicted octanol–water partition coefficient (Wildman–Crippen LogP) is 3.07. The SMILES string of the molecule is [C-]#[N+]CCC1CCCCC1CF. The lowest BCUT2D eigenvalue weighted by Crippen LogP contribution is -2.21. The highest BCUT2D eigenvalue weighted by Crippen LogP contribution is 2.32. The van der Waals surface area contributed by atoms with Crippen LogP contribution in [0.25, 0.3) is 4.85 Å². The molecule has 0 heterocycles. The molecule has 68 valence electrons. The van der Waals surface area contributed by atoms with E-state index in [-0.39, 0.29) is 12.6 Å². The quantitative estimate of drug-likeness (QED) is 0.572. The van der Waals surface area contributed by atoms with E-state index in [9.17, 15) is 4.39 Å². The van der Waals surface area contributed by atoms with Crippen LogP contribution in [0.4, 0.5) is 4.39 Å². The fraction of sp³-hybridized carbons (Fsp3) is 0.900. The Kier molecular flexibility index (Phi) is 4.07. The molecule has 12 heavy (non-hydrogen) atoms. The van der Waals surface area contributed by atoms with Crippen LogP contribution in [0.2, 0.25) is 0 Å². The maximum Gasteiger partial charge on any atom is 0.215 e. The summed E-state index contributed by atoms with van der Waals surface area (Å²) >= 11 is 0. The number of rotatable bonds is 3. The van der Waals surface area contributed by atoms with Crippen LogP contribution in [0, 0.1) is 18.4 Å². The number of nitrogens with zero attached hydrogens (tertiary/aromatic N) is 1. The molecule has 2 unspecified atom stereocenters. The number of hydrogen-bond donors (Lipinski definition) is 0. The Bertz CT molecular complexity index is 162. The molecule has 2 heteroatoms. The molecule has 0 aliphatic heterocycles. The van der Waals surface area contributed by atoms with Crippen LogP contribution in [0.3, 0.4) is 0 Å². The Balaban J connectivity index is 2.32. The summed E-state index contributed by atoms with van der Waals surface area (Å²) in [5, 5.41) is 0. The van der Waals surface area contributed by atoms with Crippen LogP contribution < -0.4 is 0 Å². The highest BCUT2D eigenvalue weighted by Gasteiger charge is 2.25. The van der Waals surface area contributed by atoms with Gasteiger partial charge in [-0.2, -0.15) is 0 Å². The topological polar surface area (TPSA) is 4.36 Å². The van der Waals surface area contributed by atoms with E-state index in [4.69, 9.17) is 6.57 Å². The molecule has 0 N–H and O–H groups in total. The molecular weight excluding hydrogens is 153 g/mol. The van der Waals surface area contributed by atoms with Crippen molar-refractivity contribution in [2.75, 3.05) is 13.2 Å². The van der Waals surface area contributed by atoms with Gasteiger partial charge >= 0.3 is 0 Å². The van der Waals surface area contributed by atoms with Gasteiger partial charge in [0.05, 0.1) is 6.67 Å². The van der Waals surface area contributed by atoms with Gasteiger partial charge in [0, 0.05) is 6.42 Å². The summed E-state index contributed by atoms with van der Waals surface area (Å²) in [7, 11) is 0. The standard InChI is InChI=1S/C10H16FN/c1-12-7-6-9-4-2-3-5-10(9)8-11/h9-10H,2-8H2. The lowest BCUT2D eigenvalue weighted by atomic mass is 9.78. The van der Waals surface area contributed by atoms with Gasteiger partial charge in [-0.3, -0.25) is 4.39 Å². The van der Waals surface area contributed by atoms with Gasteiger partial charge in [0.15, 0.2) is 0 Å². The van der Waals surface area contributed by atoms with Gasteiger partial charge in [-0.05, 0) is 24.7 Å². The van der Waals surface area contributed by atoms with Crippen LogP contribution in [0.1, 0.15) is 32.1 Å². The average Bonchev–Trinajstić information content (AvgIpc) is 2.15. The zero-order chi connectivity index (χ0) is 8.81. The first-order chi connectivity index (χ1) is 5.88. The van der Waals surface area contributed by atoms with Gasteiger partial charge in [0.25, 0.3) is 0 Å². The van der Waals surface area contributed by atoms with E-state index in [1.165, 1.54) is 12.8 Å². The second kappa shape index (κ2) is 5.13. The van der Waals surface area contributed by atoms with E-state index in [2.05, 4.69) is 4.85 Å². The molecule has 0 aromatic carbocycles. The Hall–Kier alpha value is -0.580. The third-order valence-corrected chi connectivity index (χ3v) is 2.88. The van der Waals surface area contributed by atoms with Gasteiger partial charge in [0.1, 0.15) is 0 Å². The van der Waals surface area contributed by atoms with E-state index < -0.39 is 0 Å². The first-order valence-electron chi connectivity index (χ1n) is 4.77. The molecule has 2 atom stereocenters. The van der Waals surface area contributed by atoms with Gasteiger partial charge in [0.2, 0.25) is 6.54 Å². The minimum absolute atomic E-state index is 0.178. The molecule has 0 aromatic rings. The van der Waals surface area contributed by atoms with Crippen molar-refractivity contribution in [2.45, 2.75) is 32.1 Å². The van der Waals surface area contributed by atoms with Crippen molar-refractivity contribution < 1.29 is 4.39 Å². The number of halogens is 1. The summed E-state index contributed by atoms with van der Waals surface area (Å²) in [5.74, 6) is 0.762. The highest BCUT2D eigenvalue weighted by atomic mass is 19.1. The van der Waals surface area contributed by atoms with E-state index in [1.54, 1.807) is 0 Å². The summed E-state index contributed by atoms with van der Waals surface area (Å²) in [6.45, 7) is 7.08. The van der Waals surface area contributed by atoms with Crippen LogP contribution in [-0.2, 0) is 0 Å². The Labute approximate surface area is 73.8 Å². The zero-order valence-electron chi connectivity index (χ0n) is 7.43. The molecule has 0 radical (unpaired) electrons. The lowest BCUT2D eigenvalue weighted by Gasteiger charge is -2.27. The second-order valence-corrected chi connectivity index (χ2v) is 3.63. The van der Waals surface area contributed by atoms with Crippen molar-refractivity contribution in [1.29, 1.82) is 0 Å². The minimum atomic E-state index is -0.178. The Morgan fingerprint density at radius 2 is 1.92 bits per heavy atom. The Morgan fingerprint density at radius 3 is 2.50 bits per heavy atom. The Morgan fingerprint density at radius 1 is 1.25 bits per heavy atom. The smallest absolute Gasteiger partial charge is 0.215 e. The normalized spacial score (nSPS) is 29.7. The maximum atomic E-state index is 12.5. The summed E-state index contributed by atoms with van der Waals surface area (Å²) in [4.78, 5) is 3.33. The molecule has 1 fully saturated rings. The molecule has 0 saturated heterocycles. The van der Waals surface area contributed by atoms with E-state index in [0.717, 1.165) is 19.3 Å². The van der Waals surface area contributed by atoms with Gasteiger partial charge in [-0.1, -0.05) is 12.8 Å². The predicted molar refractivity (Wildman–Crippen MR) is 47.5 cm³/mol. The van der Waals surface area contributed by atoms with Crippen LogP contribution in [-0.4, -0.2) is 13.2 Å². The maximum absolute atomic E-state index is 12.5. The van der Waals surface area contributed by atoms with E-state index in [0.29, 0.717) is 12.5 Å². The van der Waals surface area contributed by atoms with Crippen molar-refractivity contribution >= 4 is 0 Å². The fourth-order valence-electron chi connectivity index (χ4n) is 2.10. The molecule has 0 spiro atoms. The number of hydrogen-bond acceptors (Lipinski definition) is 0. The van der Waals surface area contributed by atoms with Gasteiger partial charge < -0.3 is 4.85 Å². The third-order valence-electron chi connectivity index (χ3n) is 2.88. The number of alkyl halides is 1. The van der Waals surface area contributed by atoms with Crippen molar-refractivity contribution in [1.82, 2.24) is 0 Å². The minimum Gasteiger partial charge on any atom is -0.317 e. The summed E-state index contributed by atoms with van der Waals surface area (Å²) < 4.78 is 12.5. The molecular formula is C10H16FN.